The minimum absolute atomic E-state index is 0.0139. The Balaban J connectivity index is 1.61. The molecule has 2 unspecified atom stereocenters. The Morgan fingerprint density at radius 2 is 1.97 bits per heavy atom. The summed E-state index contributed by atoms with van der Waals surface area (Å²) in [6.07, 6.45) is 4.18. The van der Waals surface area contributed by atoms with E-state index in [9.17, 15) is 8.78 Å². The molecule has 2 atom stereocenters. The lowest BCUT2D eigenvalue weighted by atomic mass is 10.0. The first-order valence-electron chi connectivity index (χ1n) is 10.5. The van der Waals surface area contributed by atoms with E-state index in [1.807, 2.05) is 6.07 Å². The van der Waals surface area contributed by atoms with Gasteiger partial charge in [-0.25, -0.2) is 13.8 Å². The molecule has 1 aliphatic rings. The predicted octanol–water partition coefficient (Wildman–Crippen LogP) is 3.64. The third kappa shape index (κ3) is 4.64. The van der Waals surface area contributed by atoms with Crippen LogP contribution in [0.3, 0.4) is 0 Å². The van der Waals surface area contributed by atoms with Gasteiger partial charge in [-0.3, -0.25) is 4.98 Å². The SMILES string of the molecule is C=C(Nc1cnccc1N1CCC(OC)C(N)C1)c1nc(-c2c(F)cccc2F)ccc1N. The summed E-state index contributed by atoms with van der Waals surface area (Å²) >= 11 is 0. The number of methoxy groups -OCH3 is 1. The van der Waals surface area contributed by atoms with Crippen LogP contribution in [0.2, 0.25) is 0 Å². The van der Waals surface area contributed by atoms with Crippen LogP contribution in [-0.4, -0.2) is 42.3 Å². The van der Waals surface area contributed by atoms with Crippen LogP contribution in [0.4, 0.5) is 25.8 Å². The van der Waals surface area contributed by atoms with Crippen LogP contribution in [-0.2, 0) is 4.74 Å². The van der Waals surface area contributed by atoms with Crippen molar-refractivity contribution in [2.75, 3.05) is 36.1 Å². The molecule has 1 fully saturated rings. The smallest absolute Gasteiger partial charge is 0.135 e. The second kappa shape index (κ2) is 9.51. The first kappa shape index (κ1) is 22.6. The van der Waals surface area contributed by atoms with Gasteiger partial charge in [-0.1, -0.05) is 12.6 Å². The van der Waals surface area contributed by atoms with Crippen LogP contribution >= 0.6 is 0 Å². The summed E-state index contributed by atoms with van der Waals surface area (Å²) in [5.41, 5.74) is 14.9. The van der Waals surface area contributed by atoms with Crippen molar-refractivity contribution in [2.24, 2.45) is 5.73 Å². The van der Waals surface area contributed by atoms with Gasteiger partial charge in [0.1, 0.15) is 17.3 Å². The minimum atomic E-state index is -0.706. The molecule has 4 rings (SSSR count). The molecule has 0 saturated carbocycles. The summed E-state index contributed by atoms with van der Waals surface area (Å²) in [4.78, 5) is 10.8. The van der Waals surface area contributed by atoms with Gasteiger partial charge in [-0.2, -0.15) is 0 Å². The van der Waals surface area contributed by atoms with Crippen LogP contribution in [0.15, 0.2) is 55.4 Å². The van der Waals surface area contributed by atoms with Gasteiger partial charge in [0.2, 0.25) is 0 Å². The molecular formula is C24H26F2N6O. The number of anilines is 3. The Hall–Kier alpha value is -3.56. The molecule has 1 aliphatic heterocycles. The van der Waals surface area contributed by atoms with E-state index < -0.39 is 11.6 Å². The van der Waals surface area contributed by atoms with E-state index >= 15 is 0 Å². The summed E-state index contributed by atoms with van der Waals surface area (Å²) in [6, 6.07) is 8.46. The maximum atomic E-state index is 14.3. The topological polar surface area (TPSA) is 102 Å². The number of hydrogen-bond donors (Lipinski definition) is 3. The maximum Gasteiger partial charge on any atom is 0.135 e. The fraction of sp³-hybridized carbons (Fsp3) is 0.250. The van der Waals surface area contributed by atoms with Gasteiger partial charge in [0, 0.05) is 32.4 Å². The highest BCUT2D eigenvalue weighted by Gasteiger charge is 2.27. The van der Waals surface area contributed by atoms with Crippen LogP contribution in [0.5, 0.6) is 0 Å². The third-order valence-corrected chi connectivity index (χ3v) is 5.75. The molecule has 3 aromatic rings. The molecule has 1 aromatic carbocycles. The van der Waals surface area contributed by atoms with Crippen LogP contribution in [0, 0.1) is 11.6 Å². The molecule has 9 heteroatoms. The number of nitrogens with two attached hydrogens (primary N) is 2. The molecule has 172 valence electrons. The van der Waals surface area contributed by atoms with Crippen molar-refractivity contribution in [3.63, 3.8) is 0 Å². The number of hydrogen-bond acceptors (Lipinski definition) is 7. The predicted molar refractivity (Wildman–Crippen MR) is 126 cm³/mol. The zero-order valence-corrected chi connectivity index (χ0v) is 18.3. The van der Waals surface area contributed by atoms with E-state index in [2.05, 4.69) is 26.8 Å². The van der Waals surface area contributed by atoms with Crippen LogP contribution in [0.25, 0.3) is 17.0 Å². The molecule has 7 nitrogen and oxygen atoms in total. The Morgan fingerprint density at radius 3 is 2.67 bits per heavy atom. The zero-order valence-electron chi connectivity index (χ0n) is 18.3. The number of rotatable bonds is 6. The fourth-order valence-electron chi connectivity index (χ4n) is 4.05. The standard InChI is InChI=1S/C24H26F2N6O/c1-14(24-17(27)6-7-19(31-24)23-15(25)4-3-5-16(23)26)30-20-12-29-10-8-21(20)32-11-9-22(33-2)18(28)13-32/h3-8,10,12,18,22,30H,1,9,11,13,27-28H2,2H3. The first-order valence-corrected chi connectivity index (χ1v) is 10.5. The maximum absolute atomic E-state index is 14.3. The average Bonchev–Trinajstić information content (AvgIpc) is 2.80. The minimum Gasteiger partial charge on any atom is -0.397 e. The molecule has 1 saturated heterocycles. The molecular weight excluding hydrogens is 426 g/mol. The summed E-state index contributed by atoms with van der Waals surface area (Å²) in [5, 5.41) is 3.21. The van der Waals surface area contributed by atoms with Gasteiger partial charge in [0.15, 0.2) is 0 Å². The molecule has 0 radical (unpaired) electrons. The zero-order chi connectivity index (χ0) is 23.5. The third-order valence-electron chi connectivity index (χ3n) is 5.75. The lowest BCUT2D eigenvalue weighted by Gasteiger charge is -2.38. The van der Waals surface area contributed by atoms with Gasteiger partial charge < -0.3 is 26.4 Å². The normalized spacial score (nSPS) is 18.2. The van der Waals surface area contributed by atoms with E-state index in [1.165, 1.54) is 24.3 Å². The quantitative estimate of drug-likeness (QED) is 0.525. The molecule has 0 amide bonds. The van der Waals surface area contributed by atoms with Crippen molar-refractivity contribution in [3.05, 3.63) is 72.7 Å². The number of halogens is 2. The van der Waals surface area contributed by atoms with Crippen molar-refractivity contribution < 1.29 is 13.5 Å². The second-order valence-electron chi connectivity index (χ2n) is 7.90. The van der Waals surface area contributed by atoms with E-state index in [-0.39, 0.29) is 23.4 Å². The van der Waals surface area contributed by atoms with Gasteiger partial charge in [0.05, 0.1) is 46.3 Å². The van der Waals surface area contributed by atoms with Crippen molar-refractivity contribution in [3.8, 4) is 11.3 Å². The highest BCUT2D eigenvalue weighted by molar-refractivity contribution is 5.85. The Labute approximate surface area is 191 Å². The van der Waals surface area contributed by atoms with E-state index in [1.54, 1.807) is 25.6 Å². The Kier molecular flexibility index (Phi) is 6.52. The number of nitrogens with one attached hydrogen (secondary N) is 1. The molecule has 5 N–H and O–H groups in total. The molecule has 0 spiro atoms. The van der Waals surface area contributed by atoms with E-state index in [0.717, 1.165) is 18.7 Å². The molecule has 2 aromatic heterocycles. The van der Waals surface area contributed by atoms with Crippen molar-refractivity contribution in [2.45, 2.75) is 18.6 Å². The summed E-state index contributed by atoms with van der Waals surface area (Å²) in [7, 11) is 1.67. The lowest BCUT2D eigenvalue weighted by Crippen LogP contribution is -2.52. The number of nitrogen functional groups attached to an aromatic ring is 1. The largest absolute Gasteiger partial charge is 0.397 e. The van der Waals surface area contributed by atoms with Crippen LogP contribution < -0.4 is 21.7 Å². The Morgan fingerprint density at radius 1 is 1.21 bits per heavy atom. The van der Waals surface area contributed by atoms with Crippen molar-refractivity contribution in [1.29, 1.82) is 0 Å². The first-order chi connectivity index (χ1) is 15.9. The summed E-state index contributed by atoms with van der Waals surface area (Å²) in [5.74, 6) is -1.41. The number of aromatic nitrogens is 2. The van der Waals surface area contributed by atoms with Gasteiger partial charge in [-0.15, -0.1) is 0 Å². The number of benzene rings is 1. The summed E-state index contributed by atoms with van der Waals surface area (Å²) in [6.45, 7) is 5.44. The molecule has 3 heterocycles. The van der Waals surface area contributed by atoms with Gasteiger partial charge in [-0.05, 0) is 36.8 Å². The van der Waals surface area contributed by atoms with Crippen molar-refractivity contribution >= 4 is 22.8 Å². The number of nitrogens with zero attached hydrogens (tertiary/aromatic N) is 3. The van der Waals surface area contributed by atoms with Gasteiger partial charge in [0.25, 0.3) is 0 Å². The number of ether oxygens (including phenoxy) is 1. The highest BCUT2D eigenvalue weighted by atomic mass is 19.1. The van der Waals surface area contributed by atoms with Crippen LogP contribution in [0.1, 0.15) is 12.1 Å². The number of piperidine rings is 1. The molecule has 0 aliphatic carbocycles. The van der Waals surface area contributed by atoms with Crippen molar-refractivity contribution in [1.82, 2.24) is 9.97 Å². The molecule has 0 bridgehead atoms. The fourth-order valence-corrected chi connectivity index (χ4v) is 4.05. The Bertz CT molecular complexity index is 1150. The monoisotopic (exact) mass is 452 g/mol. The van der Waals surface area contributed by atoms with E-state index in [4.69, 9.17) is 16.2 Å². The van der Waals surface area contributed by atoms with Gasteiger partial charge >= 0.3 is 0 Å². The lowest BCUT2D eigenvalue weighted by molar-refractivity contribution is 0.0665. The van der Waals surface area contributed by atoms with E-state index in [0.29, 0.717) is 29.3 Å². The second-order valence-corrected chi connectivity index (χ2v) is 7.90. The number of pyridine rings is 2. The molecule has 33 heavy (non-hydrogen) atoms. The average molecular weight is 453 g/mol. The highest BCUT2D eigenvalue weighted by Crippen LogP contribution is 2.32. The summed E-state index contributed by atoms with van der Waals surface area (Å²) < 4.78 is 34.0.